The lowest BCUT2D eigenvalue weighted by Gasteiger charge is -2.28. The molecule has 0 aromatic heterocycles. The Hall–Kier alpha value is -1.97. The second-order valence-corrected chi connectivity index (χ2v) is 6.91. The van der Waals surface area contributed by atoms with Crippen molar-refractivity contribution in [1.29, 1.82) is 0 Å². The minimum absolute atomic E-state index is 0.200. The molecule has 4 heteroatoms. The first-order valence-electron chi connectivity index (χ1n) is 9.08. The number of amides is 1. The predicted octanol–water partition coefficient (Wildman–Crippen LogP) is 3.89. The molecule has 1 amide bonds. The third-order valence-electron chi connectivity index (χ3n) is 5.37. The van der Waals surface area contributed by atoms with Crippen molar-refractivity contribution in [2.24, 2.45) is 11.8 Å². The van der Waals surface area contributed by atoms with Crippen LogP contribution in [0.2, 0.25) is 0 Å². The standard InChI is InChI=1S/C20H28N2O2/c1-3-18-13-22(14-19(18)16(2)21-11-7-8-12-21)20(23)24-15-17-9-5-4-6-10-17/h4-6,9-10,18-19H,2-3,7-8,11-15H2,1H3/t18-,19?/m1/s1. The zero-order valence-corrected chi connectivity index (χ0v) is 14.6. The molecule has 3 rings (SSSR count). The quantitative estimate of drug-likeness (QED) is 0.822. The molecule has 2 saturated heterocycles. The van der Waals surface area contributed by atoms with E-state index in [1.807, 2.05) is 35.2 Å². The van der Waals surface area contributed by atoms with Crippen LogP contribution in [0.1, 0.15) is 31.7 Å². The number of hydrogen-bond donors (Lipinski definition) is 0. The second-order valence-electron chi connectivity index (χ2n) is 6.91. The summed E-state index contributed by atoms with van der Waals surface area (Å²) in [6, 6.07) is 9.84. The molecule has 0 saturated carbocycles. The molecule has 2 aliphatic rings. The van der Waals surface area contributed by atoms with Crippen molar-refractivity contribution in [2.45, 2.75) is 32.8 Å². The van der Waals surface area contributed by atoms with Gasteiger partial charge in [-0.3, -0.25) is 0 Å². The van der Waals surface area contributed by atoms with Crippen LogP contribution in [0.3, 0.4) is 0 Å². The number of rotatable bonds is 5. The van der Waals surface area contributed by atoms with Crippen LogP contribution in [-0.2, 0) is 11.3 Å². The molecule has 1 aromatic rings. The van der Waals surface area contributed by atoms with Crippen molar-refractivity contribution in [3.05, 3.63) is 48.2 Å². The fourth-order valence-electron chi connectivity index (χ4n) is 3.86. The number of hydrogen-bond acceptors (Lipinski definition) is 3. The van der Waals surface area contributed by atoms with Crippen LogP contribution in [0.4, 0.5) is 4.79 Å². The fourth-order valence-corrected chi connectivity index (χ4v) is 3.86. The van der Waals surface area contributed by atoms with E-state index in [0.717, 1.165) is 38.2 Å². The van der Waals surface area contributed by atoms with Gasteiger partial charge >= 0.3 is 6.09 Å². The number of nitrogens with zero attached hydrogens (tertiary/aromatic N) is 2. The van der Waals surface area contributed by atoms with Gasteiger partial charge in [0.15, 0.2) is 0 Å². The van der Waals surface area contributed by atoms with Gasteiger partial charge in [0.05, 0.1) is 0 Å². The highest BCUT2D eigenvalue weighted by atomic mass is 16.6. The summed E-state index contributed by atoms with van der Waals surface area (Å²) in [6.45, 7) is 10.6. The van der Waals surface area contributed by atoms with E-state index < -0.39 is 0 Å². The van der Waals surface area contributed by atoms with Crippen LogP contribution in [0.15, 0.2) is 42.6 Å². The highest BCUT2D eigenvalue weighted by Crippen LogP contribution is 2.34. The summed E-state index contributed by atoms with van der Waals surface area (Å²) in [5.41, 5.74) is 2.24. The Morgan fingerprint density at radius 1 is 1.17 bits per heavy atom. The normalized spacial score (nSPS) is 23.5. The third-order valence-corrected chi connectivity index (χ3v) is 5.37. The number of likely N-dealkylation sites (tertiary alicyclic amines) is 2. The first kappa shape index (κ1) is 16.9. The molecule has 4 nitrogen and oxygen atoms in total. The zero-order chi connectivity index (χ0) is 16.9. The van der Waals surface area contributed by atoms with Crippen molar-refractivity contribution in [1.82, 2.24) is 9.80 Å². The van der Waals surface area contributed by atoms with Crippen molar-refractivity contribution in [2.75, 3.05) is 26.2 Å². The Morgan fingerprint density at radius 3 is 2.54 bits per heavy atom. The third kappa shape index (κ3) is 3.74. The molecule has 0 N–H and O–H groups in total. The maximum absolute atomic E-state index is 12.4. The molecular weight excluding hydrogens is 300 g/mol. The molecule has 0 bridgehead atoms. The Labute approximate surface area is 145 Å². The molecule has 1 aromatic carbocycles. The average molecular weight is 328 g/mol. The van der Waals surface area contributed by atoms with Crippen LogP contribution in [0.5, 0.6) is 0 Å². The Bertz CT molecular complexity index is 566. The van der Waals surface area contributed by atoms with Crippen molar-refractivity contribution >= 4 is 6.09 Å². The SMILES string of the molecule is C=C(C1CN(C(=O)OCc2ccccc2)C[C@H]1CC)N1CCCC1. The highest BCUT2D eigenvalue weighted by molar-refractivity contribution is 5.68. The van der Waals surface area contributed by atoms with Gasteiger partial charge in [0, 0.05) is 37.8 Å². The molecule has 0 aliphatic carbocycles. The Balaban J connectivity index is 1.56. The maximum atomic E-state index is 12.4. The molecule has 1 unspecified atom stereocenters. The number of benzene rings is 1. The number of carbonyl (C=O) groups excluding carboxylic acids is 1. The van der Waals surface area contributed by atoms with Gasteiger partial charge in [0.25, 0.3) is 0 Å². The van der Waals surface area contributed by atoms with E-state index in [0.29, 0.717) is 18.4 Å². The minimum atomic E-state index is -0.200. The van der Waals surface area contributed by atoms with Crippen molar-refractivity contribution < 1.29 is 9.53 Å². The van der Waals surface area contributed by atoms with E-state index in [-0.39, 0.29) is 6.09 Å². The van der Waals surface area contributed by atoms with E-state index in [9.17, 15) is 4.79 Å². The Kier molecular flexibility index (Phi) is 5.44. The van der Waals surface area contributed by atoms with Crippen molar-refractivity contribution in [3.63, 3.8) is 0 Å². The van der Waals surface area contributed by atoms with Gasteiger partial charge in [-0.25, -0.2) is 4.79 Å². The Morgan fingerprint density at radius 2 is 1.88 bits per heavy atom. The second kappa shape index (κ2) is 7.73. The predicted molar refractivity (Wildman–Crippen MR) is 95.4 cm³/mol. The van der Waals surface area contributed by atoms with E-state index in [4.69, 9.17) is 4.74 Å². The lowest BCUT2D eigenvalue weighted by atomic mass is 9.91. The summed E-state index contributed by atoms with van der Waals surface area (Å²) in [5, 5.41) is 0. The smallest absolute Gasteiger partial charge is 0.410 e. The van der Waals surface area contributed by atoms with Gasteiger partial charge < -0.3 is 14.5 Å². The molecule has 24 heavy (non-hydrogen) atoms. The molecule has 2 aliphatic heterocycles. The summed E-state index contributed by atoms with van der Waals surface area (Å²) in [5.74, 6) is 0.861. The number of carbonyl (C=O) groups is 1. The zero-order valence-electron chi connectivity index (χ0n) is 14.6. The van der Waals surface area contributed by atoms with Gasteiger partial charge in [0.1, 0.15) is 6.61 Å². The minimum Gasteiger partial charge on any atom is -0.445 e. The molecule has 2 atom stereocenters. The van der Waals surface area contributed by atoms with E-state index in [2.05, 4.69) is 18.4 Å². The summed E-state index contributed by atoms with van der Waals surface area (Å²) in [6.07, 6.45) is 3.38. The first-order valence-corrected chi connectivity index (χ1v) is 9.08. The average Bonchev–Trinajstić information content (AvgIpc) is 3.29. The van der Waals surface area contributed by atoms with Gasteiger partial charge in [-0.15, -0.1) is 0 Å². The van der Waals surface area contributed by atoms with E-state index >= 15 is 0 Å². The van der Waals surface area contributed by atoms with Crippen LogP contribution < -0.4 is 0 Å². The fraction of sp³-hybridized carbons (Fsp3) is 0.550. The maximum Gasteiger partial charge on any atom is 0.410 e. The van der Waals surface area contributed by atoms with Gasteiger partial charge in [-0.05, 0) is 24.3 Å². The van der Waals surface area contributed by atoms with Crippen molar-refractivity contribution in [3.8, 4) is 0 Å². The van der Waals surface area contributed by atoms with E-state index in [1.54, 1.807) is 0 Å². The summed E-state index contributed by atoms with van der Waals surface area (Å²) >= 11 is 0. The molecule has 0 radical (unpaired) electrons. The summed E-state index contributed by atoms with van der Waals surface area (Å²) < 4.78 is 5.50. The van der Waals surface area contributed by atoms with Gasteiger partial charge in [0.2, 0.25) is 0 Å². The molecular formula is C20H28N2O2. The summed E-state index contributed by atoms with van der Waals surface area (Å²) in [7, 11) is 0. The monoisotopic (exact) mass is 328 g/mol. The molecule has 130 valence electrons. The van der Waals surface area contributed by atoms with Gasteiger partial charge in [-0.1, -0.05) is 50.3 Å². The van der Waals surface area contributed by atoms with Crippen LogP contribution in [0, 0.1) is 11.8 Å². The van der Waals surface area contributed by atoms with E-state index in [1.165, 1.54) is 18.5 Å². The number of ether oxygens (including phenoxy) is 1. The topological polar surface area (TPSA) is 32.8 Å². The van der Waals surface area contributed by atoms with Gasteiger partial charge in [-0.2, -0.15) is 0 Å². The van der Waals surface area contributed by atoms with Crippen LogP contribution in [0.25, 0.3) is 0 Å². The lowest BCUT2D eigenvalue weighted by molar-refractivity contribution is 0.102. The summed E-state index contributed by atoms with van der Waals surface area (Å²) in [4.78, 5) is 16.7. The lowest BCUT2D eigenvalue weighted by Crippen LogP contribution is -2.31. The molecule has 0 spiro atoms. The molecule has 2 heterocycles. The first-order chi connectivity index (χ1) is 11.7. The van der Waals surface area contributed by atoms with Crippen LogP contribution in [-0.4, -0.2) is 42.1 Å². The molecule has 2 fully saturated rings. The highest BCUT2D eigenvalue weighted by Gasteiger charge is 2.38. The van der Waals surface area contributed by atoms with Crippen LogP contribution >= 0.6 is 0 Å². The largest absolute Gasteiger partial charge is 0.445 e.